The number of methoxy groups -OCH3 is 1. The molecular weight excluding hydrogens is 583 g/mol. The number of nitrogens with zero attached hydrogens (tertiary/aromatic N) is 5. The predicted octanol–water partition coefficient (Wildman–Crippen LogP) is 5.17. The molecule has 2 aromatic carbocycles. The molecule has 0 radical (unpaired) electrons. The van der Waals surface area contributed by atoms with Crippen LogP contribution in [-0.2, 0) is 13.0 Å². The summed E-state index contributed by atoms with van der Waals surface area (Å²) in [5.41, 5.74) is 2.54. The van der Waals surface area contributed by atoms with E-state index in [1.165, 1.54) is 19.6 Å². The van der Waals surface area contributed by atoms with Crippen LogP contribution in [0.15, 0.2) is 70.7 Å². The zero-order chi connectivity index (χ0) is 32.2. The largest absolute Gasteiger partial charge is 0.497 e. The Balaban J connectivity index is 1.23. The molecule has 4 fully saturated rings. The van der Waals surface area contributed by atoms with Crippen molar-refractivity contribution in [2.45, 2.75) is 58.7 Å². The number of guanidine groups is 1. The van der Waals surface area contributed by atoms with Gasteiger partial charge in [-0.15, -0.1) is 0 Å². The van der Waals surface area contributed by atoms with E-state index in [0.717, 1.165) is 12.4 Å². The topological polar surface area (TPSA) is 105 Å². The van der Waals surface area contributed by atoms with Gasteiger partial charge in [-0.1, -0.05) is 26.8 Å². The third-order valence-corrected chi connectivity index (χ3v) is 10.8. The van der Waals surface area contributed by atoms with Gasteiger partial charge in [-0.3, -0.25) is 14.3 Å². The van der Waals surface area contributed by atoms with Crippen molar-refractivity contribution < 1.29 is 14.2 Å². The summed E-state index contributed by atoms with van der Waals surface area (Å²) in [4.78, 5) is 30.3. The Kier molecular flexibility index (Phi) is 7.79. The van der Waals surface area contributed by atoms with Crippen LogP contribution in [0.25, 0.3) is 22.3 Å². The Labute approximate surface area is 268 Å². The number of aromatic nitrogens is 3. The molecule has 4 aromatic rings. The molecule has 9 nitrogen and oxygen atoms in total. The summed E-state index contributed by atoms with van der Waals surface area (Å²) in [6.45, 7) is 8.43. The molecule has 8 rings (SSSR count). The van der Waals surface area contributed by atoms with Crippen molar-refractivity contribution in [3.05, 3.63) is 82.7 Å². The molecule has 4 atom stereocenters. The maximum atomic E-state index is 14.8. The van der Waals surface area contributed by atoms with Crippen molar-refractivity contribution in [2.75, 3.05) is 20.2 Å². The van der Waals surface area contributed by atoms with E-state index in [-0.39, 0.29) is 24.0 Å². The van der Waals surface area contributed by atoms with Gasteiger partial charge in [0.25, 0.3) is 5.56 Å². The number of benzene rings is 2. The molecule has 0 spiro atoms. The van der Waals surface area contributed by atoms with E-state index in [2.05, 4.69) is 36.0 Å². The molecular formula is C36H41FN6O3. The summed E-state index contributed by atoms with van der Waals surface area (Å²) in [5.74, 6) is 3.18. The van der Waals surface area contributed by atoms with Gasteiger partial charge in [0.2, 0.25) is 0 Å². The highest BCUT2D eigenvalue weighted by atomic mass is 19.1. The number of β-amino-alcohol motifs (C(OH)–C–C–N with tert-alkyl or cyclic N) is 1. The third-order valence-electron chi connectivity index (χ3n) is 10.8. The van der Waals surface area contributed by atoms with Crippen LogP contribution in [0.5, 0.6) is 5.75 Å². The summed E-state index contributed by atoms with van der Waals surface area (Å²) < 4.78 is 21.5. The number of aliphatic imine (C=N–C) groups is 1. The van der Waals surface area contributed by atoms with E-state index in [1.807, 2.05) is 18.2 Å². The number of rotatable bonds is 7. The predicted molar refractivity (Wildman–Crippen MR) is 177 cm³/mol. The first-order chi connectivity index (χ1) is 22.1. The summed E-state index contributed by atoms with van der Waals surface area (Å²) in [6, 6.07) is 14.2. The molecule has 3 saturated carbocycles. The van der Waals surface area contributed by atoms with Crippen molar-refractivity contribution in [2.24, 2.45) is 28.2 Å². The lowest BCUT2D eigenvalue weighted by atomic mass is 9.45. The lowest BCUT2D eigenvalue weighted by Crippen LogP contribution is -2.64. The van der Waals surface area contributed by atoms with Gasteiger partial charge >= 0.3 is 0 Å². The van der Waals surface area contributed by atoms with Crippen molar-refractivity contribution >= 4 is 22.5 Å². The zero-order valence-electron chi connectivity index (χ0n) is 26.8. The molecule has 2 aromatic heterocycles. The van der Waals surface area contributed by atoms with Crippen LogP contribution in [0.2, 0.25) is 0 Å². The number of ether oxygens (including phenoxy) is 1. The number of aliphatic hydroxyl groups is 1. The van der Waals surface area contributed by atoms with Gasteiger partial charge in [0.05, 0.1) is 29.8 Å². The van der Waals surface area contributed by atoms with Crippen LogP contribution >= 0.6 is 0 Å². The molecule has 3 heterocycles. The summed E-state index contributed by atoms with van der Waals surface area (Å²) in [5, 5.41) is 14.3. The van der Waals surface area contributed by atoms with Crippen molar-refractivity contribution in [3.63, 3.8) is 0 Å². The molecule has 0 unspecified atom stereocenters. The van der Waals surface area contributed by atoms with E-state index in [4.69, 9.17) is 14.7 Å². The smallest absolute Gasteiger partial charge is 0.261 e. The quantitative estimate of drug-likeness (QED) is 0.216. The molecule has 3 aliphatic carbocycles. The highest BCUT2D eigenvalue weighted by Gasteiger charge is 2.56. The number of hydrogen-bond acceptors (Lipinski definition) is 6. The standard InChI is InChI=1S/C36H41FN6O3/c1-21-29-14-24(36(29,2)3)15-31(21)41-35(42-19-26(44)20-42)39-25-8-10-28-32(16-25)40-33(23-6-5-12-38-18-23)43(34(28)45)13-11-22-7-9-27(46-4)17-30(22)37/h5-10,12,16-18,21,24,26,29,31,44H,11,13-15,19-20H2,1-4H3,(H,39,41)/t21-,24-,29-,31+/m1/s1. The maximum Gasteiger partial charge on any atom is 0.261 e. The van der Waals surface area contributed by atoms with E-state index in [0.29, 0.717) is 88.0 Å². The van der Waals surface area contributed by atoms with Crippen LogP contribution in [0.4, 0.5) is 10.1 Å². The number of aliphatic hydroxyl groups excluding tert-OH is 1. The first-order valence-corrected chi connectivity index (χ1v) is 16.2. The van der Waals surface area contributed by atoms with Gasteiger partial charge in [-0.2, -0.15) is 0 Å². The Hall–Kier alpha value is -4.31. The number of halogens is 1. The van der Waals surface area contributed by atoms with Crippen LogP contribution in [0.1, 0.15) is 39.2 Å². The second kappa shape index (κ2) is 11.8. The summed E-state index contributed by atoms with van der Waals surface area (Å²) in [7, 11) is 1.50. The number of fused-ring (bicyclic) bond motifs is 3. The third kappa shape index (κ3) is 5.42. The van der Waals surface area contributed by atoms with Crippen LogP contribution < -0.4 is 15.6 Å². The van der Waals surface area contributed by atoms with Gasteiger partial charge in [0.1, 0.15) is 17.4 Å². The maximum absolute atomic E-state index is 14.8. The van der Waals surface area contributed by atoms with Gasteiger partial charge < -0.3 is 20.1 Å². The zero-order valence-corrected chi connectivity index (χ0v) is 26.8. The SMILES string of the molecule is COc1ccc(CCn2c(-c3cccnc3)nc3cc(N=C(N[C@H]4C[C@H]5C[C@H]([C@H]4C)C5(C)C)N4CC(O)C4)ccc3c2=O)c(F)c1. The van der Waals surface area contributed by atoms with E-state index >= 15 is 0 Å². The minimum Gasteiger partial charge on any atom is -0.497 e. The van der Waals surface area contributed by atoms with Gasteiger partial charge in [-0.05, 0) is 84.4 Å². The van der Waals surface area contributed by atoms with Gasteiger partial charge in [0.15, 0.2) is 5.96 Å². The molecule has 10 heteroatoms. The fourth-order valence-corrected chi connectivity index (χ4v) is 7.74. The minimum absolute atomic E-state index is 0.213. The molecule has 46 heavy (non-hydrogen) atoms. The molecule has 0 amide bonds. The van der Waals surface area contributed by atoms with E-state index < -0.39 is 0 Å². The van der Waals surface area contributed by atoms with Crippen molar-refractivity contribution in [1.29, 1.82) is 0 Å². The summed E-state index contributed by atoms with van der Waals surface area (Å²) in [6.07, 6.45) is 5.68. The second-order valence-corrected chi connectivity index (χ2v) is 13.7. The number of pyridine rings is 1. The molecule has 4 aliphatic rings. The fraction of sp³-hybridized carbons (Fsp3) is 0.444. The van der Waals surface area contributed by atoms with E-state index in [1.54, 1.807) is 41.2 Å². The Morgan fingerprint density at radius 2 is 2.00 bits per heavy atom. The number of nitrogens with one attached hydrogen (secondary N) is 1. The lowest BCUT2D eigenvalue weighted by molar-refractivity contribution is -0.112. The normalized spacial score (nSPS) is 24.0. The Morgan fingerprint density at radius 1 is 1.17 bits per heavy atom. The van der Waals surface area contributed by atoms with Crippen molar-refractivity contribution in [1.82, 2.24) is 24.8 Å². The fourth-order valence-electron chi connectivity index (χ4n) is 7.74. The first-order valence-electron chi connectivity index (χ1n) is 16.2. The monoisotopic (exact) mass is 624 g/mol. The molecule has 1 aliphatic heterocycles. The highest BCUT2D eigenvalue weighted by Crippen LogP contribution is 2.61. The van der Waals surface area contributed by atoms with Gasteiger partial charge in [-0.25, -0.2) is 14.4 Å². The van der Waals surface area contributed by atoms with Crippen LogP contribution in [-0.4, -0.2) is 62.8 Å². The number of likely N-dealkylation sites (tertiary alicyclic amines) is 1. The average molecular weight is 625 g/mol. The number of aryl methyl sites for hydroxylation is 1. The van der Waals surface area contributed by atoms with Gasteiger partial charge in [0, 0.05) is 49.7 Å². The van der Waals surface area contributed by atoms with Crippen LogP contribution in [0.3, 0.4) is 0 Å². The van der Waals surface area contributed by atoms with Crippen LogP contribution in [0, 0.1) is 29.0 Å². The minimum atomic E-state index is -0.380. The molecule has 1 saturated heterocycles. The summed E-state index contributed by atoms with van der Waals surface area (Å²) >= 11 is 0. The Bertz CT molecular complexity index is 1850. The van der Waals surface area contributed by atoms with Crippen molar-refractivity contribution in [3.8, 4) is 17.1 Å². The number of hydrogen-bond donors (Lipinski definition) is 2. The highest BCUT2D eigenvalue weighted by molar-refractivity contribution is 5.87. The Morgan fingerprint density at radius 3 is 2.67 bits per heavy atom. The average Bonchev–Trinajstić information content (AvgIpc) is 3.03. The lowest BCUT2D eigenvalue weighted by Gasteiger charge is -2.62. The second-order valence-electron chi connectivity index (χ2n) is 13.7. The molecule has 2 N–H and O–H groups in total. The van der Waals surface area contributed by atoms with E-state index in [9.17, 15) is 14.3 Å². The molecule has 240 valence electrons. The molecule has 2 bridgehead atoms. The first kappa shape index (κ1) is 30.3.